The van der Waals surface area contributed by atoms with Gasteiger partial charge in [-0.3, -0.25) is 0 Å². The van der Waals surface area contributed by atoms with E-state index in [-0.39, 0.29) is 32.9 Å². The highest BCUT2D eigenvalue weighted by Gasteiger charge is 2.68. The van der Waals surface area contributed by atoms with Crippen LogP contribution in [0.25, 0.3) is 0 Å². The van der Waals surface area contributed by atoms with Crippen LogP contribution in [0.3, 0.4) is 0 Å². The molecule has 4 nitrogen and oxygen atoms in total. The van der Waals surface area contributed by atoms with Gasteiger partial charge in [-0.2, -0.15) is 0 Å². The number of benzene rings is 9. The number of terminal acetylenes is 1. The van der Waals surface area contributed by atoms with Gasteiger partial charge in [0.25, 0.3) is 0 Å². The van der Waals surface area contributed by atoms with E-state index in [0.717, 1.165) is 63.2 Å². The van der Waals surface area contributed by atoms with Gasteiger partial charge >= 0.3 is 0 Å². The Labute approximate surface area is 807 Å². The summed E-state index contributed by atoms with van der Waals surface area (Å²) < 4.78 is 15.3. The second-order valence-electron chi connectivity index (χ2n) is 47.6. The van der Waals surface area contributed by atoms with Crippen molar-refractivity contribution in [2.75, 3.05) is 0 Å². The van der Waals surface area contributed by atoms with Gasteiger partial charge in [-0.1, -0.05) is 337 Å². The van der Waals surface area contributed by atoms with E-state index in [2.05, 4.69) is 386 Å². The molecule has 8 saturated carbocycles. The standard InChI is InChI=1S/2C37H46OSi2.C29H36OSi.C21H26O/c2*1-28-17-19-32-29(27-28)18-20-34-33(32)21-23-36(2)35(34)22-24-37(36,38-40(5,6)31-15-11-8-12-16-31)25-26-39(3,4)30-13-9-7-10-14-30;1-21-10-12-24-22(20-21)11-13-26-25(24)14-16-28(2)27(26)15-17-29(28,30)18-19-31(3,4)23-8-6-5-7-9-23;1-4-21(22)12-10-19-18-8-6-15-13-14(2)5-7-16(15)17(18)9-11-20(19,21)3/h2*7-17,19,27,33-35H,18,20-24H2,1-6H3;5-10,12,20,25-27,30H,11,13-17H2,1-4H3;1,5,7,13,17-19,22H,6,8-12H2,2-3H3/t2*33-,34-,35+,36+,37-;25-,26-,27+,28+,29-;17-,18-,19+,20+,21+/m1111/s1. The molecule has 8 fully saturated rings. The van der Waals surface area contributed by atoms with Gasteiger partial charge in [-0.25, -0.2) is 0 Å². The fraction of sp³-hybridized carbons (Fsp3) is 0.500. The number of fused-ring (bicyclic) bond motifs is 20. The Kier molecular flexibility index (Phi) is 26.2. The largest absolute Gasteiger partial charge is 0.396 e. The Morgan fingerprint density at radius 2 is 0.534 bits per heavy atom. The molecule has 21 rings (SSSR count). The van der Waals surface area contributed by atoms with Crippen molar-refractivity contribution >= 4 is 66.8 Å². The zero-order valence-corrected chi connectivity index (χ0v) is 89.0. The smallest absolute Gasteiger partial charge is 0.220 e. The lowest BCUT2D eigenvalue weighted by Crippen LogP contribution is -2.59. The summed E-state index contributed by atoms with van der Waals surface area (Å²) in [6.07, 6.45) is 33.6. The van der Waals surface area contributed by atoms with Crippen LogP contribution in [0.4, 0.5) is 0 Å². The second kappa shape index (κ2) is 36.5. The van der Waals surface area contributed by atoms with Gasteiger partial charge in [0.1, 0.15) is 22.4 Å². The van der Waals surface area contributed by atoms with E-state index in [9.17, 15) is 10.2 Å². The predicted molar refractivity (Wildman–Crippen MR) is 571 cm³/mol. The van der Waals surface area contributed by atoms with Crippen LogP contribution < -0.4 is 25.9 Å². The van der Waals surface area contributed by atoms with Crippen molar-refractivity contribution in [3.63, 3.8) is 0 Å². The number of aliphatic hydroxyl groups is 2. The quantitative estimate of drug-likeness (QED) is 0.112. The third kappa shape index (κ3) is 17.4. The number of hydrogen-bond acceptors (Lipinski definition) is 4. The van der Waals surface area contributed by atoms with Gasteiger partial charge in [-0.05, 0) is 349 Å². The van der Waals surface area contributed by atoms with Gasteiger partial charge in [-0.15, -0.1) is 23.1 Å². The van der Waals surface area contributed by atoms with Gasteiger partial charge < -0.3 is 19.1 Å². The molecular formula is C124H154O4Si5. The van der Waals surface area contributed by atoms with Gasteiger partial charge in [0.2, 0.25) is 16.6 Å². The summed E-state index contributed by atoms with van der Waals surface area (Å²) >= 11 is 0. The molecule has 9 aromatic carbocycles. The third-order valence-electron chi connectivity index (χ3n) is 38.3. The monoisotopic (exact) mass is 1850 g/mol. The minimum Gasteiger partial charge on any atom is -0.396 e. The number of rotatable bonds is 9. The van der Waals surface area contributed by atoms with Crippen molar-refractivity contribution in [3.8, 4) is 46.7 Å². The summed E-state index contributed by atoms with van der Waals surface area (Å²) in [5, 5.41) is 29.8. The van der Waals surface area contributed by atoms with Crippen molar-refractivity contribution < 1.29 is 19.1 Å². The van der Waals surface area contributed by atoms with Gasteiger partial charge in [0.15, 0.2) is 24.2 Å². The summed E-state index contributed by atoms with van der Waals surface area (Å²) in [5.41, 5.74) is 27.5. The van der Waals surface area contributed by atoms with E-state index < -0.39 is 52.1 Å². The Balaban J connectivity index is 0.000000121. The fourth-order valence-electron chi connectivity index (χ4n) is 30.3. The maximum absolute atomic E-state index is 11.9. The molecule has 0 saturated heterocycles. The number of aryl methyl sites for hydroxylation is 8. The molecule has 0 aromatic heterocycles. The summed E-state index contributed by atoms with van der Waals surface area (Å²) in [6, 6.07) is 83.4. The van der Waals surface area contributed by atoms with E-state index in [0.29, 0.717) is 59.2 Å². The highest BCUT2D eigenvalue weighted by molar-refractivity contribution is 6.97. The lowest BCUT2D eigenvalue weighted by Gasteiger charge is -2.54. The van der Waals surface area contributed by atoms with Crippen molar-refractivity contribution in [2.24, 2.45) is 69.0 Å². The van der Waals surface area contributed by atoms with Crippen LogP contribution in [0.5, 0.6) is 0 Å². The summed E-state index contributed by atoms with van der Waals surface area (Å²) in [6.45, 7) is 42.5. The summed E-state index contributed by atoms with van der Waals surface area (Å²) in [7, 11) is -10.2. The molecule has 20 atom stereocenters. The minimum absolute atomic E-state index is 0.0730. The molecule has 9 heteroatoms. The molecule has 0 aliphatic heterocycles. The van der Waals surface area contributed by atoms with Gasteiger partial charge in [0, 0.05) is 21.7 Å². The maximum Gasteiger partial charge on any atom is 0.220 e. The highest BCUT2D eigenvalue weighted by Crippen LogP contribution is 2.70. The molecule has 694 valence electrons. The molecule has 9 aromatic rings. The lowest BCUT2D eigenvalue weighted by atomic mass is 9.53. The Bertz CT molecular complexity index is 5780. The molecule has 12 aliphatic rings. The van der Waals surface area contributed by atoms with Crippen molar-refractivity contribution in [3.05, 3.63) is 291 Å². The predicted octanol–water partition coefficient (Wildman–Crippen LogP) is 25.7. The molecular weight excluding hydrogens is 1690 g/mol. The molecule has 12 aliphatic carbocycles. The average Bonchev–Trinajstić information content (AvgIpc) is 1.58. The van der Waals surface area contributed by atoms with E-state index in [4.69, 9.17) is 15.3 Å². The second-order valence-corrected chi connectivity index (χ2v) is 67.5. The first-order valence-electron chi connectivity index (χ1n) is 51.9. The van der Waals surface area contributed by atoms with E-state index in [1.54, 1.807) is 44.5 Å². The first-order chi connectivity index (χ1) is 63.3. The van der Waals surface area contributed by atoms with E-state index in [1.165, 1.54) is 151 Å². The normalized spacial score (nSPS) is 32.8. The molecule has 2 N–H and O–H groups in total. The molecule has 0 heterocycles. The Hall–Kier alpha value is -7.86. The van der Waals surface area contributed by atoms with Crippen molar-refractivity contribution in [2.45, 2.75) is 321 Å². The van der Waals surface area contributed by atoms with Crippen LogP contribution in [0.15, 0.2) is 224 Å². The van der Waals surface area contributed by atoms with Crippen LogP contribution >= 0.6 is 0 Å². The molecule has 0 amide bonds. The third-order valence-corrected chi connectivity index (χ3v) is 51.1. The van der Waals surface area contributed by atoms with Crippen molar-refractivity contribution in [1.29, 1.82) is 0 Å². The average molecular weight is 1850 g/mol. The van der Waals surface area contributed by atoms with Crippen LogP contribution in [-0.4, -0.2) is 73.5 Å². The fourth-order valence-corrected chi connectivity index (χ4v) is 40.1. The molecule has 133 heavy (non-hydrogen) atoms. The molecule has 0 bridgehead atoms. The highest BCUT2D eigenvalue weighted by atomic mass is 28.4. The molecule has 0 spiro atoms. The zero-order chi connectivity index (χ0) is 93.7. The first-order valence-corrected chi connectivity index (χ1v) is 66.7. The van der Waals surface area contributed by atoms with Crippen LogP contribution in [0, 0.1) is 143 Å². The Morgan fingerprint density at radius 1 is 0.286 bits per heavy atom. The van der Waals surface area contributed by atoms with Gasteiger partial charge in [0.05, 0.1) is 0 Å². The van der Waals surface area contributed by atoms with E-state index in [1.807, 2.05) is 0 Å². The number of hydrogen-bond donors (Lipinski definition) is 2. The summed E-state index contributed by atoms with van der Waals surface area (Å²) in [4.78, 5) is 0. The van der Waals surface area contributed by atoms with Crippen LogP contribution in [-0.2, 0) is 34.5 Å². The summed E-state index contributed by atoms with van der Waals surface area (Å²) in [5.74, 6) is 22.5. The SMILES string of the molecule is C#C[C@]1(O)CC[C@H]2[C@@H]3CCc4cc(C)ccc4[C@H]3CC[C@@]21C.Cc1ccc2c(c1)CC[C@@H]1[C@@H]2CC[C@@]2(C)[C@H]1CC[C@@]2(O)C#C[Si](C)(C)c1ccccc1.Cc1ccc2c(c1)CC[C@@H]1[C@@H]2CC[C@@]2(C)[C@H]1CC[C@]2(C#C[Si](C)(C)c1ccccc1)O[Si](C)(C)c1ccccc1.Cc1ccc2c(c1)CC[C@@H]1[C@@H]2CC[C@@]2(C)[C@H]1CC[C@]2(C#C[Si](C)(C)c1ccccc1)O[Si](C)(C)c1ccccc1. The maximum atomic E-state index is 11.9. The van der Waals surface area contributed by atoms with Crippen LogP contribution in [0.1, 0.15) is 247 Å². The topological polar surface area (TPSA) is 58.9 Å². The molecule has 0 unspecified atom stereocenters. The molecule has 0 radical (unpaired) electrons. The van der Waals surface area contributed by atoms with Crippen molar-refractivity contribution in [1.82, 2.24) is 0 Å². The minimum atomic E-state index is -2.21. The Morgan fingerprint density at radius 3 is 0.827 bits per heavy atom. The first kappa shape index (κ1) is 95.5. The van der Waals surface area contributed by atoms with E-state index >= 15 is 0 Å². The van der Waals surface area contributed by atoms with Crippen LogP contribution in [0.2, 0.25) is 65.5 Å². The zero-order valence-electron chi connectivity index (χ0n) is 84.0. The lowest BCUT2D eigenvalue weighted by molar-refractivity contribution is -0.0648.